The van der Waals surface area contributed by atoms with Crippen molar-refractivity contribution in [2.45, 2.75) is 25.9 Å². The van der Waals surface area contributed by atoms with E-state index in [-0.39, 0.29) is 24.0 Å². The number of nitro benzene ring substituents is 2. The maximum absolute atomic E-state index is 11.1. The summed E-state index contributed by atoms with van der Waals surface area (Å²) in [5.41, 5.74) is -0.113. The van der Waals surface area contributed by atoms with Crippen LogP contribution < -0.4 is 0 Å². The molecule has 1 aromatic rings. The number of non-ortho nitro benzene ring substituents is 1. The monoisotopic (exact) mass is 295 g/mol. The second kappa shape index (κ2) is 6.15. The normalized spacial score (nSPS) is 22.4. The van der Waals surface area contributed by atoms with Gasteiger partial charge in [-0.2, -0.15) is 0 Å². The van der Waals surface area contributed by atoms with E-state index in [2.05, 4.69) is 0 Å². The molecule has 0 saturated carbocycles. The average molecular weight is 295 g/mol. The van der Waals surface area contributed by atoms with Crippen molar-refractivity contribution in [1.82, 2.24) is 4.90 Å². The summed E-state index contributed by atoms with van der Waals surface area (Å²) in [5, 5.41) is 31.2. The van der Waals surface area contributed by atoms with Crippen LogP contribution >= 0.6 is 0 Å². The molecule has 0 bridgehead atoms. The summed E-state index contributed by atoms with van der Waals surface area (Å²) in [6.07, 6.45) is 0.923. The van der Waals surface area contributed by atoms with E-state index in [0.717, 1.165) is 19.0 Å². The zero-order chi connectivity index (χ0) is 15.6. The maximum Gasteiger partial charge on any atom is 0.280 e. The van der Waals surface area contributed by atoms with Gasteiger partial charge < -0.3 is 5.11 Å². The first-order valence-corrected chi connectivity index (χ1v) is 6.70. The van der Waals surface area contributed by atoms with E-state index in [1.165, 1.54) is 12.1 Å². The lowest BCUT2D eigenvalue weighted by atomic mass is 10.0. The number of nitro groups is 2. The van der Waals surface area contributed by atoms with Crippen molar-refractivity contribution in [2.24, 2.45) is 5.92 Å². The largest absolute Gasteiger partial charge is 0.395 e. The number of hydrogen-bond donors (Lipinski definition) is 1. The highest BCUT2D eigenvalue weighted by Gasteiger charge is 2.32. The fourth-order valence-corrected chi connectivity index (χ4v) is 2.77. The Kier molecular flexibility index (Phi) is 4.49. The van der Waals surface area contributed by atoms with Gasteiger partial charge in [0.25, 0.3) is 11.4 Å². The van der Waals surface area contributed by atoms with Gasteiger partial charge in [0.05, 0.1) is 22.5 Å². The lowest BCUT2D eigenvalue weighted by Gasteiger charge is -2.24. The van der Waals surface area contributed by atoms with Gasteiger partial charge in [-0.25, -0.2) is 0 Å². The predicted molar refractivity (Wildman–Crippen MR) is 74.8 cm³/mol. The van der Waals surface area contributed by atoms with Crippen LogP contribution in [0.25, 0.3) is 0 Å². The van der Waals surface area contributed by atoms with Gasteiger partial charge in [-0.15, -0.1) is 0 Å². The summed E-state index contributed by atoms with van der Waals surface area (Å²) >= 11 is 0. The number of hydrogen-bond acceptors (Lipinski definition) is 6. The maximum atomic E-state index is 11.1. The SMILES string of the molecule is CC1CCN(Cc2ccc([N+](=O)[O-])cc2[N+](=O)[O-])C1CO. The van der Waals surface area contributed by atoms with Crippen LogP contribution in [0.1, 0.15) is 18.9 Å². The molecule has 114 valence electrons. The van der Waals surface area contributed by atoms with Gasteiger partial charge in [0, 0.05) is 24.2 Å². The molecule has 8 nitrogen and oxygen atoms in total. The molecule has 1 aromatic carbocycles. The fourth-order valence-electron chi connectivity index (χ4n) is 2.77. The molecule has 1 aliphatic rings. The topological polar surface area (TPSA) is 110 Å². The summed E-state index contributed by atoms with van der Waals surface area (Å²) in [7, 11) is 0. The Morgan fingerprint density at radius 3 is 2.62 bits per heavy atom. The second-order valence-electron chi connectivity index (χ2n) is 5.31. The van der Waals surface area contributed by atoms with Crippen LogP contribution in [0.15, 0.2) is 18.2 Å². The molecule has 1 saturated heterocycles. The highest BCUT2D eigenvalue weighted by molar-refractivity contribution is 5.49. The van der Waals surface area contributed by atoms with Crippen molar-refractivity contribution in [3.05, 3.63) is 44.0 Å². The van der Waals surface area contributed by atoms with Gasteiger partial charge >= 0.3 is 0 Å². The molecule has 2 rings (SSSR count). The summed E-state index contributed by atoms with van der Waals surface area (Å²) < 4.78 is 0. The lowest BCUT2D eigenvalue weighted by Crippen LogP contribution is -2.34. The Bertz CT molecular complexity index is 563. The van der Waals surface area contributed by atoms with Crippen molar-refractivity contribution < 1.29 is 15.0 Å². The summed E-state index contributed by atoms with van der Waals surface area (Å²) in [4.78, 5) is 22.5. The van der Waals surface area contributed by atoms with Crippen LogP contribution in [0.4, 0.5) is 11.4 Å². The van der Waals surface area contributed by atoms with Crippen molar-refractivity contribution in [3.63, 3.8) is 0 Å². The molecule has 0 amide bonds. The molecular formula is C13H17N3O5. The number of benzene rings is 1. The smallest absolute Gasteiger partial charge is 0.280 e. The number of aliphatic hydroxyl groups excluding tert-OH is 1. The average Bonchev–Trinajstić information content (AvgIpc) is 2.78. The molecule has 1 N–H and O–H groups in total. The minimum atomic E-state index is -0.648. The number of likely N-dealkylation sites (tertiary alicyclic amines) is 1. The van der Waals surface area contributed by atoms with Gasteiger partial charge in [-0.1, -0.05) is 6.92 Å². The minimum Gasteiger partial charge on any atom is -0.395 e. The number of aliphatic hydroxyl groups is 1. The fraction of sp³-hybridized carbons (Fsp3) is 0.538. The lowest BCUT2D eigenvalue weighted by molar-refractivity contribution is -0.394. The van der Waals surface area contributed by atoms with E-state index in [9.17, 15) is 25.3 Å². The quantitative estimate of drug-likeness (QED) is 0.654. The molecule has 8 heteroatoms. The summed E-state index contributed by atoms with van der Waals surface area (Å²) in [6, 6.07) is 3.66. The van der Waals surface area contributed by atoms with Gasteiger partial charge in [-0.3, -0.25) is 25.1 Å². The molecule has 1 aliphatic heterocycles. The van der Waals surface area contributed by atoms with Gasteiger partial charge in [-0.05, 0) is 24.9 Å². The van der Waals surface area contributed by atoms with Crippen LogP contribution in [-0.4, -0.2) is 39.0 Å². The van der Waals surface area contributed by atoms with E-state index in [1.54, 1.807) is 0 Å². The first-order valence-electron chi connectivity index (χ1n) is 6.70. The van der Waals surface area contributed by atoms with Crippen molar-refractivity contribution in [3.8, 4) is 0 Å². The third-order valence-electron chi connectivity index (χ3n) is 4.03. The van der Waals surface area contributed by atoms with Crippen LogP contribution in [0.3, 0.4) is 0 Å². The van der Waals surface area contributed by atoms with Gasteiger partial charge in [0.2, 0.25) is 0 Å². The van der Waals surface area contributed by atoms with Crippen LogP contribution in [-0.2, 0) is 6.54 Å². The Morgan fingerprint density at radius 2 is 2.05 bits per heavy atom. The Balaban J connectivity index is 2.27. The Labute approximate surface area is 121 Å². The zero-order valence-corrected chi connectivity index (χ0v) is 11.6. The molecule has 0 radical (unpaired) electrons. The number of nitrogens with zero attached hydrogens (tertiary/aromatic N) is 3. The highest BCUT2D eigenvalue weighted by atomic mass is 16.6. The molecule has 0 aliphatic carbocycles. The molecule has 1 fully saturated rings. The van der Waals surface area contributed by atoms with Gasteiger partial charge in [0.1, 0.15) is 0 Å². The number of rotatable bonds is 5. The molecule has 0 spiro atoms. The van der Waals surface area contributed by atoms with E-state index >= 15 is 0 Å². The first-order chi connectivity index (χ1) is 9.93. The van der Waals surface area contributed by atoms with Crippen LogP contribution in [0, 0.1) is 26.1 Å². The van der Waals surface area contributed by atoms with Crippen molar-refractivity contribution >= 4 is 11.4 Å². The van der Waals surface area contributed by atoms with Crippen molar-refractivity contribution in [2.75, 3.05) is 13.2 Å². The highest BCUT2D eigenvalue weighted by Crippen LogP contribution is 2.30. The summed E-state index contributed by atoms with van der Waals surface area (Å²) in [6.45, 7) is 3.09. The zero-order valence-electron chi connectivity index (χ0n) is 11.6. The Morgan fingerprint density at radius 1 is 1.33 bits per heavy atom. The minimum absolute atomic E-state index is 0.00193. The third-order valence-corrected chi connectivity index (χ3v) is 4.03. The van der Waals surface area contributed by atoms with Crippen LogP contribution in [0.2, 0.25) is 0 Å². The third kappa shape index (κ3) is 3.17. The van der Waals surface area contributed by atoms with E-state index in [4.69, 9.17) is 0 Å². The molecule has 2 atom stereocenters. The van der Waals surface area contributed by atoms with E-state index in [0.29, 0.717) is 18.0 Å². The van der Waals surface area contributed by atoms with Crippen molar-refractivity contribution in [1.29, 1.82) is 0 Å². The predicted octanol–water partition coefficient (Wildman–Crippen LogP) is 1.71. The molecule has 1 heterocycles. The van der Waals surface area contributed by atoms with E-state index in [1.807, 2.05) is 11.8 Å². The summed E-state index contributed by atoms with van der Waals surface area (Å²) in [5.74, 6) is 0.326. The first kappa shape index (κ1) is 15.3. The molecule has 21 heavy (non-hydrogen) atoms. The standard InChI is InChI=1S/C13H17N3O5/c1-9-4-5-14(13(9)8-17)7-10-2-3-11(15(18)19)6-12(10)16(20)21/h2-3,6,9,13,17H,4-5,7-8H2,1H3. The molecule has 2 unspecified atom stereocenters. The van der Waals surface area contributed by atoms with E-state index < -0.39 is 9.85 Å². The van der Waals surface area contributed by atoms with Crippen LogP contribution in [0.5, 0.6) is 0 Å². The molecule has 0 aromatic heterocycles. The molecular weight excluding hydrogens is 278 g/mol. The Hall–Kier alpha value is -2.06. The van der Waals surface area contributed by atoms with Gasteiger partial charge in [0.15, 0.2) is 0 Å². The second-order valence-corrected chi connectivity index (χ2v) is 5.31.